The highest BCUT2D eigenvalue weighted by molar-refractivity contribution is 6.31. The van der Waals surface area contributed by atoms with Gasteiger partial charge in [-0.05, 0) is 36.8 Å². The van der Waals surface area contributed by atoms with Gasteiger partial charge in [0.25, 0.3) is 0 Å². The number of hydrogen-bond donors (Lipinski definition) is 1. The van der Waals surface area contributed by atoms with Gasteiger partial charge in [-0.3, -0.25) is 4.79 Å². The van der Waals surface area contributed by atoms with Gasteiger partial charge in [-0.2, -0.15) is 13.2 Å². The van der Waals surface area contributed by atoms with E-state index in [0.717, 1.165) is 10.1 Å². The number of carbonyl (C=O) groups excluding carboxylic acids is 1. The number of imidazole rings is 1. The number of aryl methyl sites for hydroxylation is 1. The number of carbonyl (C=O) groups is 1. The summed E-state index contributed by atoms with van der Waals surface area (Å²) in [6.07, 6.45) is -4.66. The van der Waals surface area contributed by atoms with E-state index in [2.05, 4.69) is 10.3 Å². The number of rotatable bonds is 3. The van der Waals surface area contributed by atoms with Crippen molar-refractivity contribution in [1.82, 2.24) is 9.55 Å². The molecule has 0 bridgehead atoms. The first kappa shape index (κ1) is 17.3. The van der Waals surface area contributed by atoms with Crippen molar-refractivity contribution in [3.63, 3.8) is 0 Å². The van der Waals surface area contributed by atoms with Gasteiger partial charge in [-0.1, -0.05) is 29.8 Å². The number of nitrogens with one attached hydrogen (secondary N) is 1. The number of anilines is 1. The number of amides is 1. The zero-order chi connectivity index (χ0) is 18.2. The molecule has 3 aromatic rings. The van der Waals surface area contributed by atoms with Crippen LogP contribution in [0.4, 0.5) is 18.9 Å². The van der Waals surface area contributed by atoms with Gasteiger partial charge in [0.1, 0.15) is 6.54 Å². The summed E-state index contributed by atoms with van der Waals surface area (Å²) >= 11 is 5.89. The summed E-state index contributed by atoms with van der Waals surface area (Å²) in [6.45, 7) is 1.25. The number of aromatic nitrogens is 2. The molecule has 2 aromatic carbocycles. The van der Waals surface area contributed by atoms with E-state index in [1.807, 2.05) is 0 Å². The molecule has 25 heavy (non-hydrogen) atoms. The van der Waals surface area contributed by atoms with Gasteiger partial charge < -0.3 is 9.88 Å². The van der Waals surface area contributed by atoms with Crippen LogP contribution < -0.4 is 5.32 Å². The molecule has 0 saturated heterocycles. The normalized spacial score (nSPS) is 11.7. The minimum Gasteiger partial charge on any atom is -0.324 e. The van der Waals surface area contributed by atoms with E-state index in [-0.39, 0.29) is 11.0 Å². The lowest BCUT2D eigenvalue weighted by atomic mass is 10.2. The Labute approximate surface area is 146 Å². The Balaban J connectivity index is 1.94. The summed E-state index contributed by atoms with van der Waals surface area (Å²) in [7, 11) is 0. The molecule has 0 atom stereocenters. The molecule has 8 heteroatoms. The Morgan fingerprint density at radius 2 is 1.96 bits per heavy atom. The second kappa shape index (κ2) is 6.40. The zero-order valence-corrected chi connectivity index (χ0v) is 13.8. The fourth-order valence-corrected chi connectivity index (χ4v) is 2.69. The Hall–Kier alpha value is -2.54. The Morgan fingerprint density at radius 3 is 2.68 bits per heavy atom. The fourth-order valence-electron chi connectivity index (χ4n) is 2.51. The van der Waals surface area contributed by atoms with Crippen LogP contribution in [0.1, 0.15) is 11.4 Å². The van der Waals surface area contributed by atoms with Crippen molar-refractivity contribution in [3.05, 3.63) is 58.9 Å². The van der Waals surface area contributed by atoms with Crippen molar-refractivity contribution in [2.75, 3.05) is 5.32 Å². The summed E-state index contributed by atoms with van der Waals surface area (Å²) in [5.74, 6) is -1.70. The van der Waals surface area contributed by atoms with E-state index < -0.39 is 24.5 Å². The monoisotopic (exact) mass is 367 g/mol. The number of benzene rings is 2. The molecule has 0 fully saturated rings. The fraction of sp³-hybridized carbons (Fsp3) is 0.176. The predicted octanol–water partition coefficient (Wildman–Crippen LogP) is 4.66. The Kier molecular flexibility index (Phi) is 4.43. The largest absolute Gasteiger partial charge is 0.449 e. The number of alkyl halides is 3. The summed E-state index contributed by atoms with van der Waals surface area (Å²) in [5.41, 5.74) is 1.63. The summed E-state index contributed by atoms with van der Waals surface area (Å²) in [5, 5.41) is 3.01. The van der Waals surface area contributed by atoms with E-state index in [4.69, 9.17) is 11.6 Å². The number of nitrogens with zero attached hydrogens (tertiary/aromatic N) is 2. The topological polar surface area (TPSA) is 46.9 Å². The highest BCUT2D eigenvalue weighted by atomic mass is 35.5. The van der Waals surface area contributed by atoms with Crippen LogP contribution in [-0.2, 0) is 17.5 Å². The zero-order valence-electron chi connectivity index (χ0n) is 13.1. The standard InChI is InChI=1S/C17H13ClF3N3O/c1-10-6-7-11(18)8-13(10)22-15(25)9-24-14-5-3-2-4-12(14)23-16(24)17(19,20)21/h2-8H,9H2,1H3,(H,22,25). The maximum Gasteiger partial charge on any atom is 0.449 e. The molecule has 0 saturated carbocycles. The van der Waals surface area contributed by atoms with Crippen molar-refractivity contribution in [2.24, 2.45) is 0 Å². The molecule has 1 heterocycles. The highest BCUT2D eigenvalue weighted by Gasteiger charge is 2.38. The molecule has 0 aliphatic carbocycles. The molecule has 3 rings (SSSR count). The third kappa shape index (κ3) is 3.61. The number of para-hydroxylation sites is 2. The van der Waals surface area contributed by atoms with Crippen LogP contribution in [-0.4, -0.2) is 15.5 Å². The molecular weight excluding hydrogens is 355 g/mol. The van der Waals surface area contributed by atoms with E-state index in [0.29, 0.717) is 10.7 Å². The first-order valence-corrected chi connectivity index (χ1v) is 7.72. The smallest absolute Gasteiger partial charge is 0.324 e. The lowest BCUT2D eigenvalue weighted by Gasteiger charge is -2.13. The van der Waals surface area contributed by atoms with E-state index >= 15 is 0 Å². The molecule has 1 aromatic heterocycles. The lowest BCUT2D eigenvalue weighted by Crippen LogP contribution is -2.23. The van der Waals surface area contributed by atoms with Crippen molar-refractivity contribution < 1.29 is 18.0 Å². The molecule has 0 aliphatic rings. The average molecular weight is 368 g/mol. The number of hydrogen-bond acceptors (Lipinski definition) is 2. The summed E-state index contributed by atoms with van der Waals surface area (Å²) in [6, 6.07) is 11.1. The minimum absolute atomic E-state index is 0.182. The summed E-state index contributed by atoms with van der Waals surface area (Å²) in [4.78, 5) is 15.9. The molecule has 130 valence electrons. The summed E-state index contributed by atoms with van der Waals surface area (Å²) < 4.78 is 40.6. The molecule has 0 unspecified atom stereocenters. The van der Waals surface area contributed by atoms with Crippen LogP contribution in [0, 0.1) is 6.92 Å². The van der Waals surface area contributed by atoms with Crippen molar-refractivity contribution in [1.29, 1.82) is 0 Å². The van der Waals surface area contributed by atoms with Crippen LogP contribution in [0.2, 0.25) is 5.02 Å². The van der Waals surface area contributed by atoms with Crippen LogP contribution in [0.25, 0.3) is 11.0 Å². The molecular formula is C17H13ClF3N3O. The van der Waals surface area contributed by atoms with Crippen molar-refractivity contribution in [3.8, 4) is 0 Å². The number of halogens is 4. The van der Waals surface area contributed by atoms with Gasteiger partial charge in [0.15, 0.2) is 0 Å². The van der Waals surface area contributed by atoms with E-state index in [1.54, 1.807) is 37.3 Å². The second-order valence-electron chi connectivity index (χ2n) is 5.52. The van der Waals surface area contributed by atoms with Gasteiger partial charge in [-0.15, -0.1) is 0 Å². The molecule has 1 N–H and O–H groups in total. The molecule has 4 nitrogen and oxygen atoms in total. The van der Waals surface area contributed by atoms with Crippen LogP contribution in [0.5, 0.6) is 0 Å². The maximum absolute atomic E-state index is 13.2. The van der Waals surface area contributed by atoms with Gasteiger partial charge >= 0.3 is 6.18 Å². The van der Waals surface area contributed by atoms with Crippen molar-refractivity contribution in [2.45, 2.75) is 19.6 Å². The Bertz CT molecular complexity index is 950. The average Bonchev–Trinajstić information content (AvgIpc) is 2.90. The third-order valence-electron chi connectivity index (χ3n) is 3.68. The number of fused-ring (bicyclic) bond motifs is 1. The third-order valence-corrected chi connectivity index (χ3v) is 3.92. The molecule has 0 spiro atoms. The molecule has 0 radical (unpaired) electrons. The molecule has 1 amide bonds. The van der Waals surface area contributed by atoms with Gasteiger partial charge in [0, 0.05) is 10.7 Å². The van der Waals surface area contributed by atoms with Crippen LogP contribution >= 0.6 is 11.6 Å². The highest BCUT2D eigenvalue weighted by Crippen LogP contribution is 2.31. The lowest BCUT2D eigenvalue weighted by molar-refractivity contribution is -0.147. The second-order valence-corrected chi connectivity index (χ2v) is 5.95. The SMILES string of the molecule is Cc1ccc(Cl)cc1NC(=O)Cn1c(C(F)(F)F)nc2ccccc21. The minimum atomic E-state index is -4.66. The van der Waals surface area contributed by atoms with Gasteiger partial charge in [0.05, 0.1) is 11.0 Å². The van der Waals surface area contributed by atoms with Gasteiger partial charge in [0.2, 0.25) is 11.7 Å². The van der Waals surface area contributed by atoms with E-state index in [1.165, 1.54) is 12.1 Å². The van der Waals surface area contributed by atoms with E-state index in [9.17, 15) is 18.0 Å². The first-order chi connectivity index (χ1) is 11.8. The molecule has 0 aliphatic heterocycles. The van der Waals surface area contributed by atoms with Crippen molar-refractivity contribution >= 4 is 34.2 Å². The first-order valence-electron chi connectivity index (χ1n) is 7.34. The van der Waals surface area contributed by atoms with Crippen LogP contribution in [0.3, 0.4) is 0 Å². The Morgan fingerprint density at radius 1 is 1.24 bits per heavy atom. The predicted molar refractivity (Wildman–Crippen MR) is 89.6 cm³/mol. The van der Waals surface area contributed by atoms with Crippen LogP contribution in [0.15, 0.2) is 42.5 Å². The quantitative estimate of drug-likeness (QED) is 0.732. The maximum atomic E-state index is 13.2. The van der Waals surface area contributed by atoms with Gasteiger partial charge in [-0.25, -0.2) is 4.98 Å².